The molecule has 1 amide bonds. The molecule has 6 heteroatoms. The molecule has 5 nitrogen and oxygen atoms in total. The first-order valence-corrected chi connectivity index (χ1v) is 7.11. The van der Waals surface area contributed by atoms with E-state index in [9.17, 15) is 4.79 Å². The van der Waals surface area contributed by atoms with E-state index in [1.54, 1.807) is 11.9 Å². The Labute approximate surface area is 120 Å². The van der Waals surface area contributed by atoms with Gasteiger partial charge in [-0.2, -0.15) is 0 Å². The minimum atomic E-state index is -0.449. The number of amides is 1. The van der Waals surface area contributed by atoms with Gasteiger partial charge in [-0.15, -0.1) is 0 Å². The van der Waals surface area contributed by atoms with Crippen molar-refractivity contribution in [3.05, 3.63) is 0 Å². The summed E-state index contributed by atoms with van der Waals surface area (Å²) in [4.78, 5) is 13.7. The number of carbonyl (C=O) groups is 1. The first kappa shape index (κ1) is 16.0. The van der Waals surface area contributed by atoms with Crippen molar-refractivity contribution >= 4 is 23.4 Å². The largest absolute Gasteiger partial charge is 0.444 e. The van der Waals surface area contributed by atoms with Crippen LogP contribution in [0.5, 0.6) is 0 Å². The zero-order valence-corrected chi connectivity index (χ0v) is 13.0. The Kier molecular flexibility index (Phi) is 5.40. The molecule has 19 heavy (non-hydrogen) atoms. The highest BCUT2D eigenvalue weighted by molar-refractivity contribution is 7.80. The highest BCUT2D eigenvalue weighted by Crippen LogP contribution is 2.23. The maximum absolute atomic E-state index is 12.0. The molecular formula is C13H25N3O2S. The summed E-state index contributed by atoms with van der Waals surface area (Å²) in [6.07, 6.45) is 3.56. The summed E-state index contributed by atoms with van der Waals surface area (Å²) < 4.78 is 5.37. The zero-order chi connectivity index (χ0) is 14.6. The topological polar surface area (TPSA) is 67.6 Å². The predicted octanol–water partition coefficient (Wildman–Crippen LogP) is 2.00. The monoisotopic (exact) mass is 287 g/mol. The summed E-state index contributed by atoms with van der Waals surface area (Å²) in [5.41, 5.74) is 5.02. The number of ether oxygens (including phenoxy) is 1. The number of rotatable bonds is 2. The number of hydrogen-bond acceptors (Lipinski definition) is 3. The Morgan fingerprint density at radius 1 is 1.32 bits per heavy atom. The van der Waals surface area contributed by atoms with Crippen molar-refractivity contribution in [1.29, 1.82) is 0 Å². The van der Waals surface area contributed by atoms with E-state index in [-0.39, 0.29) is 12.1 Å². The van der Waals surface area contributed by atoms with E-state index in [4.69, 9.17) is 22.7 Å². The molecular weight excluding hydrogens is 262 g/mol. The summed E-state index contributed by atoms with van der Waals surface area (Å²) in [5.74, 6) is 0. The van der Waals surface area contributed by atoms with E-state index in [0.29, 0.717) is 11.2 Å². The van der Waals surface area contributed by atoms with E-state index in [1.807, 2.05) is 20.8 Å². The minimum absolute atomic E-state index is 0.235. The van der Waals surface area contributed by atoms with Gasteiger partial charge in [0.25, 0.3) is 0 Å². The Hall–Kier alpha value is -1.04. The van der Waals surface area contributed by atoms with Gasteiger partial charge in [-0.1, -0.05) is 0 Å². The molecule has 1 rings (SSSR count). The van der Waals surface area contributed by atoms with Crippen LogP contribution in [0.3, 0.4) is 0 Å². The molecule has 0 aromatic heterocycles. The summed E-state index contributed by atoms with van der Waals surface area (Å²) in [7, 11) is 1.81. The van der Waals surface area contributed by atoms with Gasteiger partial charge in [0.15, 0.2) is 5.11 Å². The summed E-state index contributed by atoms with van der Waals surface area (Å²) >= 11 is 4.84. The van der Waals surface area contributed by atoms with Crippen LogP contribution in [0, 0.1) is 0 Å². The molecule has 1 fully saturated rings. The van der Waals surface area contributed by atoms with E-state index in [0.717, 1.165) is 25.7 Å². The van der Waals surface area contributed by atoms with Crippen LogP contribution in [0.25, 0.3) is 0 Å². The SMILES string of the molecule is CN(C(=O)OC(C)(C)C)C1CCC(NC(N)=S)CC1. The first-order chi connectivity index (χ1) is 8.69. The van der Waals surface area contributed by atoms with Crippen LogP contribution in [0.2, 0.25) is 0 Å². The van der Waals surface area contributed by atoms with Crippen LogP contribution in [0.15, 0.2) is 0 Å². The molecule has 0 spiro atoms. The highest BCUT2D eigenvalue weighted by atomic mass is 32.1. The second kappa shape index (κ2) is 6.41. The second-order valence-corrected chi connectivity index (χ2v) is 6.55. The van der Waals surface area contributed by atoms with Crippen LogP contribution in [0.4, 0.5) is 4.79 Å². The lowest BCUT2D eigenvalue weighted by Gasteiger charge is -2.35. The van der Waals surface area contributed by atoms with Gasteiger partial charge < -0.3 is 20.7 Å². The van der Waals surface area contributed by atoms with Crippen molar-refractivity contribution in [1.82, 2.24) is 10.2 Å². The van der Waals surface area contributed by atoms with E-state index < -0.39 is 5.60 Å². The Morgan fingerprint density at radius 3 is 2.26 bits per heavy atom. The van der Waals surface area contributed by atoms with Crippen molar-refractivity contribution in [3.8, 4) is 0 Å². The van der Waals surface area contributed by atoms with E-state index in [2.05, 4.69) is 5.32 Å². The van der Waals surface area contributed by atoms with Crippen LogP contribution in [-0.4, -0.2) is 40.8 Å². The first-order valence-electron chi connectivity index (χ1n) is 6.71. The third-order valence-corrected chi connectivity index (χ3v) is 3.39. The normalized spacial score (nSPS) is 23.6. The lowest BCUT2D eigenvalue weighted by molar-refractivity contribution is 0.0181. The maximum Gasteiger partial charge on any atom is 0.410 e. The number of nitrogens with two attached hydrogens (primary N) is 1. The number of nitrogens with zero attached hydrogens (tertiary/aromatic N) is 1. The van der Waals surface area contributed by atoms with Crippen molar-refractivity contribution < 1.29 is 9.53 Å². The number of hydrogen-bond donors (Lipinski definition) is 2. The molecule has 1 aliphatic rings. The maximum atomic E-state index is 12.0. The predicted molar refractivity (Wildman–Crippen MR) is 80.0 cm³/mol. The van der Waals surface area contributed by atoms with Crippen LogP contribution >= 0.6 is 12.2 Å². The standard InChI is InChI=1S/C13H25N3O2S/c1-13(2,3)18-12(17)16(4)10-7-5-9(6-8-10)15-11(14)19/h9-10H,5-8H2,1-4H3,(H3,14,15,19). The van der Waals surface area contributed by atoms with Crippen LogP contribution in [0.1, 0.15) is 46.5 Å². The summed E-state index contributed by atoms with van der Waals surface area (Å²) in [6, 6.07) is 0.569. The lowest BCUT2D eigenvalue weighted by atomic mass is 9.90. The van der Waals surface area contributed by atoms with E-state index in [1.165, 1.54) is 0 Å². The lowest BCUT2D eigenvalue weighted by Crippen LogP contribution is -2.46. The van der Waals surface area contributed by atoms with Crippen molar-refractivity contribution in [2.75, 3.05) is 7.05 Å². The quantitative estimate of drug-likeness (QED) is 0.760. The molecule has 0 atom stereocenters. The fourth-order valence-electron chi connectivity index (χ4n) is 2.29. The van der Waals surface area contributed by atoms with Gasteiger partial charge in [-0.05, 0) is 58.7 Å². The molecule has 1 aliphatic carbocycles. The molecule has 110 valence electrons. The molecule has 3 N–H and O–H groups in total. The smallest absolute Gasteiger partial charge is 0.410 e. The van der Waals surface area contributed by atoms with Crippen LogP contribution < -0.4 is 11.1 Å². The van der Waals surface area contributed by atoms with Gasteiger partial charge in [0.1, 0.15) is 5.60 Å². The minimum Gasteiger partial charge on any atom is -0.444 e. The van der Waals surface area contributed by atoms with Gasteiger partial charge in [-0.25, -0.2) is 4.79 Å². The zero-order valence-electron chi connectivity index (χ0n) is 12.2. The number of thiocarbonyl (C=S) groups is 1. The molecule has 0 aromatic carbocycles. The molecule has 0 heterocycles. The summed E-state index contributed by atoms with van der Waals surface area (Å²) in [6.45, 7) is 5.63. The molecule has 0 bridgehead atoms. The highest BCUT2D eigenvalue weighted by Gasteiger charge is 2.29. The summed E-state index contributed by atoms with van der Waals surface area (Å²) in [5, 5.41) is 3.43. The molecule has 1 saturated carbocycles. The number of nitrogens with one attached hydrogen (secondary N) is 1. The van der Waals surface area contributed by atoms with Gasteiger partial charge in [0.05, 0.1) is 0 Å². The third kappa shape index (κ3) is 5.63. The molecule has 0 saturated heterocycles. The molecule has 0 radical (unpaired) electrons. The fourth-order valence-corrected chi connectivity index (χ4v) is 2.46. The average Bonchev–Trinajstić information content (AvgIpc) is 2.26. The van der Waals surface area contributed by atoms with Gasteiger partial charge in [0.2, 0.25) is 0 Å². The Bertz CT molecular complexity index is 333. The number of carbonyl (C=O) groups excluding carboxylic acids is 1. The Balaban J connectivity index is 2.42. The Morgan fingerprint density at radius 2 is 1.84 bits per heavy atom. The van der Waals surface area contributed by atoms with Crippen LogP contribution in [-0.2, 0) is 4.74 Å². The van der Waals surface area contributed by atoms with E-state index >= 15 is 0 Å². The second-order valence-electron chi connectivity index (χ2n) is 6.11. The molecule has 0 aromatic rings. The van der Waals surface area contributed by atoms with Crippen molar-refractivity contribution in [3.63, 3.8) is 0 Å². The van der Waals surface area contributed by atoms with Gasteiger partial charge >= 0.3 is 6.09 Å². The fraction of sp³-hybridized carbons (Fsp3) is 0.846. The molecule has 0 unspecified atom stereocenters. The average molecular weight is 287 g/mol. The van der Waals surface area contributed by atoms with Crippen molar-refractivity contribution in [2.24, 2.45) is 5.73 Å². The molecule has 0 aliphatic heterocycles. The van der Waals surface area contributed by atoms with Gasteiger partial charge in [-0.3, -0.25) is 0 Å². The third-order valence-electron chi connectivity index (χ3n) is 3.27. The van der Waals surface area contributed by atoms with Crippen molar-refractivity contribution in [2.45, 2.75) is 64.1 Å². The van der Waals surface area contributed by atoms with Gasteiger partial charge in [0, 0.05) is 19.1 Å².